The second kappa shape index (κ2) is 15.8. The maximum atomic E-state index is 6.92. The second-order valence-corrected chi connectivity index (χ2v) is 30.7. The van der Waals surface area contributed by atoms with Gasteiger partial charge in [-0.2, -0.15) is 0 Å². The molecule has 0 aliphatic heterocycles. The van der Waals surface area contributed by atoms with Crippen LogP contribution in [0.25, 0.3) is 0 Å². The Balaban J connectivity index is 5.68. The topological polar surface area (TPSA) is 36.9 Å². The monoisotopic (exact) mass is 598 g/mol. The van der Waals surface area contributed by atoms with Gasteiger partial charge in [0, 0.05) is 21.1 Å². The first-order valence-electron chi connectivity index (χ1n) is 14.9. The van der Waals surface area contributed by atoms with Crippen LogP contribution in [0.4, 0.5) is 0 Å². The highest BCUT2D eigenvalue weighted by Crippen LogP contribution is 2.39. The summed E-state index contributed by atoms with van der Waals surface area (Å²) >= 11 is 0. The molecule has 39 heavy (non-hydrogen) atoms. The fraction of sp³-hybridized carbons (Fsp3) is 0.812. The summed E-state index contributed by atoms with van der Waals surface area (Å²) < 4.78 is 24.7. The van der Waals surface area contributed by atoms with Gasteiger partial charge in [-0.3, -0.25) is 0 Å². The molecule has 0 heterocycles. The van der Waals surface area contributed by atoms with Crippen LogP contribution in [0, 0.1) is 5.92 Å². The molecule has 0 saturated carbocycles. The minimum Gasteiger partial charge on any atom is -0.413 e. The van der Waals surface area contributed by atoms with Crippen LogP contribution in [0.5, 0.6) is 0 Å². The van der Waals surface area contributed by atoms with Gasteiger partial charge in [0.1, 0.15) is 6.79 Å². The number of methoxy groups -OCH3 is 1. The van der Waals surface area contributed by atoms with Crippen molar-refractivity contribution in [3.63, 3.8) is 0 Å². The molecular formula is C32H66O4Si3. The van der Waals surface area contributed by atoms with Gasteiger partial charge in [0.25, 0.3) is 0 Å². The van der Waals surface area contributed by atoms with E-state index < -0.39 is 24.7 Å². The average Bonchev–Trinajstić information content (AvgIpc) is 2.72. The van der Waals surface area contributed by atoms with Crippen LogP contribution >= 0.6 is 0 Å². The van der Waals surface area contributed by atoms with E-state index in [-0.39, 0.29) is 35.0 Å². The van der Waals surface area contributed by atoms with E-state index in [2.05, 4.69) is 126 Å². The quantitative estimate of drug-likeness (QED) is 0.0948. The van der Waals surface area contributed by atoms with Crippen molar-refractivity contribution in [1.82, 2.24) is 0 Å². The first kappa shape index (κ1) is 38.7. The largest absolute Gasteiger partial charge is 0.413 e. The lowest BCUT2D eigenvalue weighted by Crippen LogP contribution is -2.44. The van der Waals surface area contributed by atoms with E-state index in [0.717, 1.165) is 18.9 Å². The maximum absolute atomic E-state index is 6.92. The maximum Gasteiger partial charge on any atom is 0.192 e. The van der Waals surface area contributed by atoms with Crippen molar-refractivity contribution >= 4 is 24.7 Å². The third-order valence-electron chi connectivity index (χ3n) is 8.53. The third-order valence-corrected chi connectivity index (χ3v) is 19.1. The normalized spacial score (nSPS) is 17.0. The Labute approximate surface area is 247 Å². The van der Waals surface area contributed by atoms with Gasteiger partial charge in [0.05, 0.1) is 18.8 Å². The van der Waals surface area contributed by atoms with Crippen molar-refractivity contribution < 1.29 is 18.3 Å². The SMILES string of the molecule is C=C(C[C@H](C/C=C/[C@H](OCOC)[C@H](C)/C(C)=C/CO[Si](C)(C)C(C)(C)C)O[Si](C)(C)C(C)(C)C)C[Si](C)(C)C. The lowest BCUT2D eigenvalue weighted by atomic mass is 9.95. The summed E-state index contributed by atoms with van der Waals surface area (Å²) in [6.45, 7) is 40.1. The van der Waals surface area contributed by atoms with Gasteiger partial charge in [-0.1, -0.05) is 97.5 Å². The molecule has 0 rings (SSSR count). The summed E-state index contributed by atoms with van der Waals surface area (Å²) in [5, 5.41) is 0.374. The molecule has 0 amide bonds. The van der Waals surface area contributed by atoms with Crippen molar-refractivity contribution in [3.05, 3.63) is 36.0 Å². The highest BCUT2D eigenvalue weighted by atomic mass is 28.4. The summed E-state index contributed by atoms with van der Waals surface area (Å²) in [6, 6.07) is 1.14. The standard InChI is InChI=1S/C32H66O4Si3/c1-26(24-37(11,12)13)23-29(36-39(16,17)32(7,8)9)19-18-20-30(34-25-33-10)28(3)27(2)21-22-35-38(14,15)31(4,5)6/h18,20-21,28-30H,1,19,22-25H2,2-17H3/b20-18+,27-21+/t28-,29+,30+/m1/s1. The van der Waals surface area contributed by atoms with Crippen molar-refractivity contribution in [2.75, 3.05) is 20.5 Å². The zero-order valence-electron chi connectivity index (χ0n) is 28.8. The van der Waals surface area contributed by atoms with Gasteiger partial charge >= 0.3 is 0 Å². The molecule has 0 fully saturated rings. The minimum atomic E-state index is -1.91. The lowest BCUT2D eigenvalue weighted by Gasteiger charge is -2.39. The molecule has 7 heteroatoms. The summed E-state index contributed by atoms with van der Waals surface area (Å²) in [7, 11) is -3.23. The summed E-state index contributed by atoms with van der Waals surface area (Å²) in [6.07, 6.45) is 8.53. The van der Waals surface area contributed by atoms with E-state index in [1.54, 1.807) is 7.11 Å². The fourth-order valence-electron chi connectivity index (χ4n) is 3.83. The predicted octanol–water partition coefficient (Wildman–Crippen LogP) is 10.2. The molecule has 0 aromatic rings. The Hall–Kier alpha value is -0.289. The van der Waals surface area contributed by atoms with E-state index in [0.29, 0.717) is 6.61 Å². The number of rotatable bonds is 17. The summed E-state index contributed by atoms with van der Waals surface area (Å²) in [4.78, 5) is 0. The Morgan fingerprint density at radius 2 is 1.44 bits per heavy atom. The van der Waals surface area contributed by atoms with Crippen LogP contribution in [-0.4, -0.2) is 57.4 Å². The molecule has 0 radical (unpaired) electrons. The fourth-order valence-corrected chi connectivity index (χ4v) is 7.78. The van der Waals surface area contributed by atoms with Gasteiger partial charge < -0.3 is 18.3 Å². The van der Waals surface area contributed by atoms with Crippen LogP contribution in [0.2, 0.25) is 61.9 Å². The lowest BCUT2D eigenvalue weighted by molar-refractivity contribution is -0.0666. The zero-order chi connectivity index (χ0) is 30.9. The molecule has 0 aliphatic carbocycles. The number of hydrogen-bond donors (Lipinski definition) is 0. The molecule has 0 saturated heterocycles. The molecule has 0 aliphatic rings. The Bertz CT molecular complexity index is 796. The van der Waals surface area contributed by atoms with Crippen LogP contribution in [-0.2, 0) is 18.3 Å². The summed E-state index contributed by atoms with van der Waals surface area (Å²) in [5.74, 6) is 0.209. The van der Waals surface area contributed by atoms with Crippen LogP contribution in [0.1, 0.15) is 68.2 Å². The van der Waals surface area contributed by atoms with Crippen molar-refractivity contribution in [1.29, 1.82) is 0 Å². The Morgan fingerprint density at radius 3 is 1.90 bits per heavy atom. The molecule has 0 N–H and O–H groups in total. The highest BCUT2D eigenvalue weighted by Gasteiger charge is 2.39. The molecular weight excluding hydrogens is 533 g/mol. The molecule has 0 unspecified atom stereocenters. The first-order chi connectivity index (χ1) is 17.4. The van der Waals surface area contributed by atoms with Gasteiger partial charge in [0.2, 0.25) is 0 Å². The summed E-state index contributed by atoms with van der Waals surface area (Å²) in [5.41, 5.74) is 2.60. The van der Waals surface area contributed by atoms with Crippen molar-refractivity contribution in [2.24, 2.45) is 5.92 Å². The number of ether oxygens (including phenoxy) is 2. The van der Waals surface area contributed by atoms with E-state index in [1.165, 1.54) is 11.1 Å². The molecule has 3 atom stereocenters. The Kier molecular flexibility index (Phi) is 15.7. The van der Waals surface area contributed by atoms with Crippen molar-refractivity contribution in [3.8, 4) is 0 Å². The van der Waals surface area contributed by atoms with Crippen LogP contribution in [0.15, 0.2) is 36.0 Å². The van der Waals surface area contributed by atoms with Gasteiger partial charge in [0.15, 0.2) is 16.6 Å². The van der Waals surface area contributed by atoms with Crippen molar-refractivity contribution in [2.45, 2.75) is 142 Å². The first-order valence-corrected chi connectivity index (χ1v) is 24.4. The zero-order valence-corrected chi connectivity index (χ0v) is 31.8. The second-order valence-electron chi connectivity index (χ2n) is 15.7. The predicted molar refractivity (Wildman–Crippen MR) is 181 cm³/mol. The smallest absolute Gasteiger partial charge is 0.192 e. The minimum absolute atomic E-state index is 0.0761. The molecule has 0 spiro atoms. The van der Waals surface area contributed by atoms with Crippen LogP contribution < -0.4 is 0 Å². The average molecular weight is 599 g/mol. The van der Waals surface area contributed by atoms with E-state index in [1.807, 2.05) is 0 Å². The molecule has 230 valence electrons. The van der Waals surface area contributed by atoms with Gasteiger partial charge in [-0.25, -0.2) is 0 Å². The van der Waals surface area contributed by atoms with Gasteiger partial charge in [-0.15, -0.1) is 6.58 Å². The molecule has 0 aromatic carbocycles. The van der Waals surface area contributed by atoms with E-state index in [9.17, 15) is 0 Å². The van der Waals surface area contributed by atoms with Gasteiger partial charge in [-0.05, 0) is 62.1 Å². The molecule has 0 bridgehead atoms. The van der Waals surface area contributed by atoms with E-state index >= 15 is 0 Å². The molecule has 0 aromatic heterocycles. The number of hydrogen-bond acceptors (Lipinski definition) is 4. The van der Waals surface area contributed by atoms with Crippen LogP contribution in [0.3, 0.4) is 0 Å². The highest BCUT2D eigenvalue weighted by molar-refractivity contribution is 6.76. The molecule has 4 nitrogen and oxygen atoms in total. The third kappa shape index (κ3) is 15.0. The Morgan fingerprint density at radius 1 is 0.897 bits per heavy atom. The van der Waals surface area contributed by atoms with E-state index in [4.69, 9.17) is 18.3 Å².